The molecule has 0 saturated heterocycles. The number of hydrogen-bond acceptors (Lipinski definition) is 4. The molecule has 1 rings (SSSR count). The summed E-state index contributed by atoms with van der Waals surface area (Å²) in [7, 11) is -3.74. The zero-order valence-corrected chi connectivity index (χ0v) is 12.9. The third kappa shape index (κ3) is 4.78. The maximum atomic E-state index is 13.4. The van der Waals surface area contributed by atoms with E-state index in [1.54, 1.807) is 0 Å². The number of thiocarbonyl (C=S) groups is 1. The SMILES string of the molecule is CC(C)OCCNS(=O)(=O)c1ccc(F)c(C(N)=S)c1. The van der Waals surface area contributed by atoms with Crippen LogP contribution in [-0.4, -0.2) is 32.7 Å². The third-order valence-electron chi connectivity index (χ3n) is 2.36. The molecule has 0 saturated carbocycles. The van der Waals surface area contributed by atoms with Crippen molar-refractivity contribution in [2.24, 2.45) is 5.73 Å². The third-order valence-corrected chi connectivity index (χ3v) is 4.04. The Hall–Kier alpha value is -1.09. The van der Waals surface area contributed by atoms with Gasteiger partial charge in [-0.05, 0) is 32.0 Å². The molecule has 20 heavy (non-hydrogen) atoms. The van der Waals surface area contributed by atoms with E-state index in [4.69, 9.17) is 10.5 Å². The predicted molar refractivity (Wildman–Crippen MR) is 78.6 cm³/mol. The molecule has 0 spiro atoms. The van der Waals surface area contributed by atoms with Crippen LogP contribution in [0.25, 0.3) is 0 Å². The van der Waals surface area contributed by atoms with Gasteiger partial charge in [-0.15, -0.1) is 0 Å². The Morgan fingerprint density at radius 2 is 2.15 bits per heavy atom. The minimum absolute atomic E-state index is 0.0199. The fourth-order valence-corrected chi connectivity index (χ4v) is 2.61. The summed E-state index contributed by atoms with van der Waals surface area (Å²) in [6.07, 6.45) is 0.0199. The summed E-state index contributed by atoms with van der Waals surface area (Å²) in [5.74, 6) is -0.653. The summed E-state index contributed by atoms with van der Waals surface area (Å²) >= 11 is 4.67. The van der Waals surface area contributed by atoms with Gasteiger partial charge < -0.3 is 10.5 Å². The quantitative estimate of drug-likeness (QED) is 0.582. The number of rotatable bonds is 7. The van der Waals surface area contributed by atoms with Crippen LogP contribution < -0.4 is 10.5 Å². The molecule has 112 valence electrons. The molecule has 0 atom stereocenters. The van der Waals surface area contributed by atoms with Gasteiger partial charge in [0.1, 0.15) is 10.8 Å². The Morgan fingerprint density at radius 3 is 2.70 bits per heavy atom. The average Bonchev–Trinajstić information content (AvgIpc) is 2.34. The van der Waals surface area contributed by atoms with Gasteiger partial charge in [-0.3, -0.25) is 0 Å². The van der Waals surface area contributed by atoms with Gasteiger partial charge in [0.2, 0.25) is 10.0 Å². The number of hydrogen-bond donors (Lipinski definition) is 2. The lowest BCUT2D eigenvalue weighted by Gasteiger charge is -2.10. The van der Waals surface area contributed by atoms with Crippen molar-refractivity contribution >= 4 is 27.2 Å². The van der Waals surface area contributed by atoms with E-state index in [-0.39, 0.29) is 34.7 Å². The van der Waals surface area contributed by atoms with Crippen molar-refractivity contribution in [3.63, 3.8) is 0 Å². The lowest BCUT2D eigenvalue weighted by atomic mass is 10.2. The minimum Gasteiger partial charge on any atom is -0.389 e. The number of nitrogens with one attached hydrogen (secondary N) is 1. The number of halogens is 1. The highest BCUT2D eigenvalue weighted by atomic mass is 32.2. The van der Waals surface area contributed by atoms with E-state index in [0.717, 1.165) is 18.2 Å². The van der Waals surface area contributed by atoms with Crippen LogP contribution in [0.15, 0.2) is 23.1 Å². The van der Waals surface area contributed by atoms with E-state index in [1.165, 1.54) is 0 Å². The second-order valence-corrected chi connectivity index (χ2v) is 6.53. The topological polar surface area (TPSA) is 81.4 Å². The molecule has 0 aliphatic rings. The first-order valence-electron chi connectivity index (χ1n) is 5.94. The molecule has 1 aromatic carbocycles. The van der Waals surface area contributed by atoms with Crippen molar-refractivity contribution in [2.75, 3.05) is 13.2 Å². The molecule has 8 heteroatoms. The van der Waals surface area contributed by atoms with E-state index in [0.29, 0.717) is 0 Å². The largest absolute Gasteiger partial charge is 0.389 e. The van der Waals surface area contributed by atoms with Crippen LogP contribution in [0.2, 0.25) is 0 Å². The van der Waals surface area contributed by atoms with Crippen LogP contribution in [0.3, 0.4) is 0 Å². The Labute approximate surface area is 123 Å². The smallest absolute Gasteiger partial charge is 0.240 e. The van der Waals surface area contributed by atoms with Crippen LogP contribution in [0.1, 0.15) is 19.4 Å². The predicted octanol–water partition coefficient (Wildman–Crippen LogP) is 1.16. The standard InChI is InChI=1S/C12H17FN2O3S2/c1-8(2)18-6-5-15-20(16,17)9-3-4-11(13)10(7-9)12(14)19/h3-4,7-8,15H,5-6H2,1-2H3,(H2,14,19). The summed E-state index contributed by atoms with van der Waals surface area (Å²) in [5.41, 5.74) is 5.24. The van der Waals surface area contributed by atoms with Crippen molar-refractivity contribution in [1.29, 1.82) is 0 Å². The van der Waals surface area contributed by atoms with Crippen molar-refractivity contribution in [3.05, 3.63) is 29.6 Å². The summed E-state index contributed by atoms with van der Waals surface area (Å²) in [6.45, 7) is 4.08. The molecule has 1 aromatic rings. The van der Waals surface area contributed by atoms with E-state index in [2.05, 4.69) is 16.9 Å². The molecule has 0 heterocycles. The number of sulfonamides is 1. The Kier molecular flexibility index (Phi) is 6.00. The van der Waals surface area contributed by atoms with Gasteiger partial charge in [0.25, 0.3) is 0 Å². The first-order chi connectivity index (χ1) is 9.24. The van der Waals surface area contributed by atoms with Gasteiger partial charge in [-0.2, -0.15) is 0 Å². The molecule has 0 fully saturated rings. The van der Waals surface area contributed by atoms with Crippen LogP contribution in [0.5, 0.6) is 0 Å². The maximum absolute atomic E-state index is 13.4. The number of benzene rings is 1. The summed E-state index contributed by atoms with van der Waals surface area (Å²) in [5, 5.41) is 0. The van der Waals surface area contributed by atoms with E-state index < -0.39 is 15.8 Å². The molecule has 5 nitrogen and oxygen atoms in total. The molecular weight excluding hydrogens is 303 g/mol. The number of ether oxygens (including phenoxy) is 1. The maximum Gasteiger partial charge on any atom is 0.240 e. The highest BCUT2D eigenvalue weighted by Gasteiger charge is 2.16. The van der Waals surface area contributed by atoms with Crippen molar-refractivity contribution in [1.82, 2.24) is 4.72 Å². The average molecular weight is 320 g/mol. The zero-order valence-electron chi connectivity index (χ0n) is 11.2. The fraction of sp³-hybridized carbons (Fsp3) is 0.417. The normalized spacial score (nSPS) is 11.8. The molecule has 0 aliphatic carbocycles. The fourth-order valence-electron chi connectivity index (χ4n) is 1.41. The van der Waals surface area contributed by atoms with E-state index >= 15 is 0 Å². The summed E-state index contributed by atoms with van der Waals surface area (Å²) in [4.78, 5) is -0.283. The monoisotopic (exact) mass is 320 g/mol. The molecule has 0 aliphatic heterocycles. The van der Waals surface area contributed by atoms with Crippen molar-refractivity contribution in [2.45, 2.75) is 24.8 Å². The second-order valence-electron chi connectivity index (χ2n) is 4.32. The molecule has 3 N–H and O–H groups in total. The Bertz CT molecular complexity index is 588. The molecular formula is C12H17FN2O3S2. The second kappa shape index (κ2) is 7.07. The van der Waals surface area contributed by atoms with Gasteiger partial charge in [0.05, 0.1) is 17.6 Å². The molecule has 0 bridgehead atoms. The highest BCUT2D eigenvalue weighted by molar-refractivity contribution is 7.89. The Balaban J connectivity index is 2.82. The molecule has 0 radical (unpaired) electrons. The van der Waals surface area contributed by atoms with Gasteiger partial charge in [-0.25, -0.2) is 17.5 Å². The molecule has 0 aromatic heterocycles. The lowest BCUT2D eigenvalue weighted by molar-refractivity contribution is 0.0834. The minimum atomic E-state index is -3.74. The summed E-state index contributed by atoms with van der Waals surface area (Å²) in [6, 6.07) is 3.29. The van der Waals surface area contributed by atoms with Gasteiger partial charge in [0.15, 0.2) is 0 Å². The van der Waals surface area contributed by atoms with E-state index in [1.807, 2.05) is 13.8 Å². The molecule has 0 unspecified atom stereocenters. The van der Waals surface area contributed by atoms with Crippen LogP contribution >= 0.6 is 12.2 Å². The zero-order chi connectivity index (χ0) is 15.3. The first kappa shape index (κ1) is 17.0. The van der Waals surface area contributed by atoms with E-state index in [9.17, 15) is 12.8 Å². The van der Waals surface area contributed by atoms with Gasteiger partial charge in [-0.1, -0.05) is 12.2 Å². The summed E-state index contributed by atoms with van der Waals surface area (Å²) < 4.78 is 45.0. The van der Waals surface area contributed by atoms with Crippen molar-refractivity contribution < 1.29 is 17.5 Å². The van der Waals surface area contributed by atoms with Crippen molar-refractivity contribution in [3.8, 4) is 0 Å². The van der Waals surface area contributed by atoms with Gasteiger partial charge >= 0.3 is 0 Å². The number of nitrogens with two attached hydrogens (primary N) is 1. The lowest BCUT2D eigenvalue weighted by Crippen LogP contribution is -2.28. The molecule has 0 amide bonds. The van der Waals surface area contributed by atoms with Crippen LogP contribution in [0, 0.1) is 5.82 Å². The first-order valence-corrected chi connectivity index (χ1v) is 7.84. The van der Waals surface area contributed by atoms with Crippen LogP contribution in [0.4, 0.5) is 4.39 Å². The Morgan fingerprint density at radius 1 is 1.50 bits per heavy atom. The van der Waals surface area contributed by atoms with Gasteiger partial charge in [0, 0.05) is 12.1 Å². The van der Waals surface area contributed by atoms with Crippen LogP contribution in [-0.2, 0) is 14.8 Å². The highest BCUT2D eigenvalue weighted by Crippen LogP contribution is 2.15.